The van der Waals surface area contributed by atoms with E-state index in [4.69, 9.17) is 0 Å². The molecule has 200 valence electrons. The van der Waals surface area contributed by atoms with Crippen LogP contribution in [0, 0.1) is 17.3 Å². The van der Waals surface area contributed by atoms with E-state index in [0.29, 0.717) is 12.0 Å². The minimum absolute atomic E-state index is 0.00448. The van der Waals surface area contributed by atoms with Crippen LogP contribution in [0.5, 0.6) is 5.75 Å². The molecule has 0 saturated heterocycles. The minimum atomic E-state index is -2.84. The largest absolute Gasteiger partial charge is 0.508 e. The van der Waals surface area contributed by atoms with Gasteiger partial charge in [-0.05, 0) is 43.5 Å². The van der Waals surface area contributed by atoms with E-state index >= 15 is 0 Å². The summed E-state index contributed by atoms with van der Waals surface area (Å²) in [6.45, 7) is 7.45. The van der Waals surface area contributed by atoms with Gasteiger partial charge < -0.3 is 25.5 Å². The van der Waals surface area contributed by atoms with Gasteiger partial charge in [-0.2, -0.15) is 0 Å². The predicted octanol–water partition coefficient (Wildman–Crippen LogP) is 2.41. The van der Waals surface area contributed by atoms with E-state index in [2.05, 4.69) is 0 Å². The molecule has 0 amide bonds. The van der Waals surface area contributed by atoms with Crippen LogP contribution in [0.1, 0.15) is 57.6 Å². The molecule has 0 bridgehead atoms. The normalized spacial score (nSPS) is 31.9. The molecule has 0 radical (unpaired) electrons. The standard InChI is InChI=1S/C28H35NO8/c1-12-13-8-7-9-14(30)17(13)22(32)19-16(12)23(33)20-21(29(5)6)24(34)18(15(31)10-11-27(2,3)4)25(35)28(20,37)26(19)36/h7-9,12,16,20-21,23,30,32-33,35,37H,10-11H2,1-6H3/t12-,16+,20+,21-,23-,28+/m0/s1. The van der Waals surface area contributed by atoms with Gasteiger partial charge in [0.2, 0.25) is 5.78 Å². The number of nitrogens with zero attached hydrogens (tertiary/aromatic N) is 1. The third kappa shape index (κ3) is 3.83. The number of hydrogen-bond acceptors (Lipinski definition) is 9. The van der Waals surface area contributed by atoms with Crippen LogP contribution >= 0.6 is 0 Å². The maximum Gasteiger partial charge on any atom is 0.202 e. The second-order valence-corrected chi connectivity index (χ2v) is 11.9. The van der Waals surface area contributed by atoms with Crippen LogP contribution in [-0.2, 0) is 14.4 Å². The Kier molecular flexibility index (Phi) is 6.42. The third-order valence-electron chi connectivity index (χ3n) is 8.13. The second-order valence-electron chi connectivity index (χ2n) is 11.9. The van der Waals surface area contributed by atoms with E-state index in [1.165, 1.54) is 25.1 Å². The zero-order valence-corrected chi connectivity index (χ0v) is 21.9. The van der Waals surface area contributed by atoms with E-state index in [1.54, 1.807) is 19.1 Å². The lowest BCUT2D eigenvalue weighted by Gasteiger charge is -2.53. The Balaban J connectivity index is 1.96. The van der Waals surface area contributed by atoms with Crippen LogP contribution in [0.2, 0.25) is 0 Å². The second kappa shape index (κ2) is 8.79. The van der Waals surface area contributed by atoms with Crippen LogP contribution in [-0.4, -0.2) is 79.6 Å². The van der Waals surface area contributed by atoms with Crippen LogP contribution in [0.4, 0.5) is 0 Å². The highest BCUT2D eigenvalue weighted by molar-refractivity contribution is 6.25. The van der Waals surface area contributed by atoms with Crippen molar-refractivity contribution in [1.82, 2.24) is 4.90 Å². The van der Waals surface area contributed by atoms with E-state index in [1.807, 2.05) is 20.8 Å². The summed E-state index contributed by atoms with van der Waals surface area (Å²) in [5, 5.41) is 56.4. The molecule has 1 saturated carbocycles. The fraction of sp³-hybridized carbons (Fsp3) is 0.536. The molecule has 3 aliphatic rings. The summed E-state index contributed by atoms with van der Waals surface area (Å²) in [7, 11) is 3.06. The Morgan fingerprint density at radius 3 is 2.30 bits per heavy atom. The van der Waals surface area contributed by atoms with Crippen LogP contribution in [0.25, 0.3) is 5.76 Å². The number of fused-ring (bicyclic) bond motifs is 3. The van der Waals surface area contributed by atoms with Crippen LogP contribution in [0.15, 0.2) is 35.1 Å². The molecule has 3 aliphatic carbocycles. The molecule has 0 aromatic heterocycles. The molecule has 0 spiro atoms. The molecule has 1 fully saturated rings. The van der Waals surface area contributed by atoms with Gasteiger partial charge in [-0.25, -0.2) is 0 Å². The molecule has 1 aromatic rings. The van der Waals surface area contributed by atoms with Crippen molar-refractivity contribution in [3.05, 3.63) is 46.2 Å². The number of aliphatic hydroxyl groups excluding tert-OH is 3. The molecule has 0 heterocycles. The number of ketones is 3. The molecule has 4 rings (SSSR count). The molecular formula is C28H35NO8. The molecule has 5 N–H and O–H groups in total. The predicted molar refractivity (Wildman–Crippen MR) is 135 cm³/mol. The fourth-order valence-corrected chi connectivity index (χ4v) is 6.22. The highest BCUT2D eigenvalue weighted by atomic mass is 16.4. The molecule has 9 nitrogen and oxygen atoms in total. The van der Waals surface area contributed by atoms with Crippen molar-refractivity contribution >= 4 is 23.1 Å². The summed E-state index contributed by atoms with van der Waals surface area (Å²) in [4.78, 5) is 42.3. The van der Waals surface area contributed by atoms with Gasteiger partial charge in [0.1, 0.15) is 22.8 Å². The molecule has 6 atom stereocenters. The number of benzene rings is 1. The number of hydrogen-bond donors (Lipinski definition) is 5. The van der Waals surface area contributed by atoms with Gasteiger partial charge in [-0.3, -0.25) is 19.3 Å². The third-order valence-corrected chi connectivity index (χ3v) is 8.13. The average Bonchev–Trinajstić information content (AvgIpc) is 2.79. The van der Waals surface area contributed by atoms with Gasteiger partial charge in [0.05, 0.1) is 23.6 Å². The first-order chi connectivity index (χ1) is 17.1. The van der Waals surface area contributed by atoms with Gasteiger partial charge in [-0.15, -0.1) is 0 Å². The number of carbonyl (C=O) groups is 3. The number of phenols is 1. The molecule has 37 heavy (non-hydrogen) atoms. The lowest BCUT2D eigenvalue weighted by atomic mass is 9.54. The van der Waals surface area contributed by atoms with E-state index < -0.39 is 69.9 Å². The van der Waals surface area contributed by atoms with Crippen molar-refractivity contribution in [1.29, 1.82) is 0 Å². The first kappa shape index (κ1) is 27.0. The monoisotopic (exact) mass is 513 g/mol. The minimum Gasteiger partial charge on any atom is -0.508 e. The number of likely N-dealkylation sites (N-methyl/N-ethyl adjacent to an activating group) is 1. The number of phenolic OH excluding ortho intramolecular Hbond substituents is 1. The topological polar surface area (TPSA) is 156 Å². The number of carbonyl (C=O) groups excluding carboxylic acids is 3. The van der Waals surface area contributed by atoms with Crippen molar-refractivity contribution in [3.63, 3.8) is 0 Å². The van der Waals surface area contributed by atoms with E-state index in [0.717, 1.165) is 0 Å². The average molecular weight is 514 g/mol. The number of aromatic hydroxyl groups is 1. The highest BCUT2D eigenvalue weighted by Crippen LogP contribution is 2.56. The smallest absolute Gasteiger partial charge is 0.202 e. The lowest BCUT2D eigenvalue weighted by molar-refractivity contribution is -0.169. The van der Waals surface area contributed by atoms with Gasteiger partial charge in [0.15, 0.2) is 17.2 Å². The molecule has 0 aliphatic heterocycles. The molecule has 9 heteroatoms. The van der Waals surface area contributed by atoms with Crippen molar-refractivity contribution in [2.75, 3.05) is 14.1 Å². The summed E-state index contributed by atoms with van der Waals surface area (Å²) in [5.74, 6) is -7.72. The van der Waals surface area contributed by atoms with Gasteiger partial charge in [0, 0.05) is 17.9 Å². The number of Topliss-reactive ketones (excluding diaryl/α,β-unsaturated/α-hetero) is 3. The maximum absolute atomic E-state index is 14.0. The molecule has 1 aromatic carbocycles. The van der Waals surface area contributed by atoms with Crippen LogP contribution in [0.3, 0.4) is 0 Å². The molecular weight excluding hydrogens is 478 g/mol. The number of rotatable bonds is 4. The summed E-state index contributed by atoms with van der Waals surface area (Å²) in [6.07, 6.45) is -1.26. The quantitative estimate of drug-likeness (QED) is 0.382. The summed E-state index contributed by atoms with van der Waals surface area (Å²) >= 11 is 0. The Labute approximate surface area is 215 Å². The Bertz CT molecular complexity index is 1250. The number of aliphatic hydroxyl groups is 4. The van der Waals surface area contributed by atoms with Crippen molar-refractivity contribution < 1.29 is 39.9 Å². The Morgan fingerprint density at radius 1 is 1.11 bits per heavy atom. The first-order valence-corrected chi connectivity index (χ1v) is 12.4. The van der Waals surface area contributed by atoms with E-state index in [-0.39, 0.29) is 28.7 Å². The van der Waals surface area contributed by atoms with Crippen molar-refractivity contribution in [3.8, 4) is 5.75 Å². The van der Waals surface area contributed by atoms with Gasteiger partial charge in [-0.1, -0.05) is 39.8 Å². The van der Waals surface area contributed by atoms with Crippen molar-refractivity contribution in [2.45, 2.75) is 64.2 Å². The molecule has 0 unspecified atom stereocenters. The summed E-state index contributed by atoms with van der Waals surface area (Å²) in [6, 6.07) is 3.28. The van der Waals surface area contributed by atoms with Gasteiger partial charge in [0.25, 0.3) is 0 Å². The Morgan fingerprint density at radius 2 is 1.73 bits per heavy atom. The lowest BCUT2D eigenvalue weighted by Crippen LogP contribution is -2.70. The van der Waals surface area contributed by atoms with E-state index in [9.17, 15) is 39.9 Å². The summed E-state index contributed by atoms with van der Waals surface area (Å²) in [5.41, 5.74) is -3.61. The van der Waals surface area contributed by atoms with Gasteiger partial charge >= 0.3 is 0 Å². The fourth-order valence-electron chi connectivity index (χ4n) is 6.22. The zero-order chi connectivity index (χ0) is 27.8. The zero-order valence-electron chi connectivity index (χ0n) is 21.9. The Hall–Kier alpha value is -3.01. The highest BCUT2D eigenvalue weighted by Gasteiger charge is 2.68. The summed E-state index contributed by atoms with van der Waals surface area (Å²) < 4.78 is 0. The SMILES string of the molecule is C[C@H]1c2cccc(O)c2C(O)=C2C(=O)[C@]3(O)C(O)=C(C(=O)CCC(C)(C)C)C(=O)[C@@H](N(C)C)[C@@H]3[C@@H](O)[C@@H]21. The first-order valence-electron chi connectivity index (χ1n) is 12.4. The maximum atomic E-state index is 14.0. The van der Waals surface area contributed by atoms with Crippen LogP contribution < -0.4 is 0 Å². The van der Waals surface area contributed by atoms with Crippen molar-refractivity contribution in [2.24, 2.45) is 17.3 Å².